The molecule has 0 aliphatic heterocycles. The highest BCUT2D eigenvalue weighted by Crippen LogP contribution is 2.54. The van der Waals surface area contributed by atoms with Crippen molar-refractivity contribution in [1.29, 1.82) is 0 Å². The molecule has 0 aromatic carbocycles. The molecule has 4 aliphatic rings. The highest BCUT2D eigenvalue weighted by Gasteiger charge is 2.48. The van der Waals surface area contributed by atoms with Crippen molar-refractivity contribution in [2.75, 3.05) is 0 Å². The molecule has 2 nitrogen and oxygen atoms in total. The van der Waals surface area contributed by atoms with E-state index >= 15 is 0 Å². The summed E-state index contributed by atoms with van der Waals surface area (Å²) in [6, 6.07) is 5.13. The van der Waals surface area contributed by atoms with Crippen molar-refractivity contribution in [1.82, 2.24) is 5.32 Å². The molecule has 1 aromatic rings. The second-order valence-electron chi connectivity index (χ2n) is 6.99. The van der Waals surface area contributed by atoms with Gasteiger partial charge in [-0.05, 0) is 90.8 Å². The maximum atomic E-state index is 5.69. The second kappa shape index (κ2) is 4.63. The zero-order valence-corrected chi connectivity index (χ0v) is 13.0. The van der Waals surface area contributed by atoms with Gasteiger partial charge in [-0.15, -0.1) is 0 Å². The lowest BCUT2D eigenvalue weighted by Crippen LogP contribution is -2.54. The summed E-state index contributed by atoms with van der Waals surface area (Å²) in [5.74, 6) is 5.01. The molecule has 4 fully saturated rings. The minimum Gasteiger partial charge on any atom is -0.453 e. The SMILES string of the molecule is CC(NC1C2CC3CC(C2)CC1C3)c1ccc(Br)o1. The third-order valence-electron chi connectivity index (χ3n) is 5.69. The third kappa shape index (κ3) is 2.19. The van der Waals surface area contributed by atoms with Gasteiger partial charge in [-0.1, -0.05) is 0 Å². The predicted molar refractivity (Wildman–Crippen MR) is 78.8 cm³/mol. The minimum atomic E-state index is 0.328. The molecule has 1 N–H and O–H groups in total. The van der Waals surface area contributed by atoms with Gasteiger partial charge in [0.1, 0.15) is 5.76 Å². The zero-order chi connectivity index (χ0) is 13.0. The van der Waals surface area contributed by atoms with E-state index in [1.54, 1.807) is 0 Å². The van der Waals surface area contributed by atoms with Gasteiger partial charge >= 0.3 is 0 Å². The maximum Gasteiger partial charge on any atom is 0.169 e. The lowest BCUT2D eigenvalue weighted by atomic mass is 9.54. The molecule has 1 unspecified atom stereocenters. The molecule has 0 radical (unpaired) electrons. The van der Waals surface area contributed by atoms with Crippen LogP contribution in [0.1, 0.15) is 50.8 Å². The molecule has 19 heavy (non-hydrogen) atoms. The van der Waals surface area contributed by atoms with E-state index in [0.29, 0.717) is 6.04 Å². The molecule has 4 aliphatic carbocycles. The third-order valence-corrected chi connectivity index (χ3v) is 6.12. The monoisotopic (exact) mass is 323 g/mol. The van der Waals surface area contributed by atoms with Crippen LogP contribution in [-0.4, -0.2) is 6.04 Å². The Bertz CT molecular complexity index is 441. The van der Waals surface area contributed by atoms with E-state index in [0.717, 1.165) is 40.1 Å². The molecule has 5 rings (SSSR count). The van der Waals surface area contributed by atoms with Crippen molar-refractivity contribution < 1.29 is 4.42 Å². The molecule has 1 atom stereocenters. The van der Waals surface area contributed by atoms with Crippen LogP contribution in [0.2, 0.25) is 0 Å². The summed E-state index contributed by atoms with van der Waals surface area (Å²) in [4.78, 5) is 0. The first-order valence-electron chi connectivity index (χ1n) is 7.70. The van der Waals surface area contributed by atoms with Gasteiger partial charge in [-0.25, -0.2) is 0 Å². The van der Waals surface area contributed by atoms with Crippen molar-refractivity contribution in [2.24, 2.45) is 23.7 Å². The van der Waals surface area contributed by atoms with Crippen molar-refractivity contribution in [2.45, 2.75) is 51.1 Å². The van der Waals surface area contributed by atoms with E-state index < -0.39 is 0 Å². The summed E-state index contributed by atoms with van der Waals surface area (Å²) in [6.07, 6.45) is 7.41. The van der Waals surface area contributed by atoms with Gasteiger partial charge in [-0.2, -0.15) is 0 Å². The number of hydrogen-bond donors (Lipinski definition) is 1. The fourth-order valence-electron chi connectivity index (χ4n) is 5.13. The van der Waals surface area contributed by atoms with Gasteiger partial charge in [-0.3, -0.25) is 0 Å². The molecule has 0 saturated heterocycles. The van der Waals surface area contributed by atoms with Crippen molar-refractivity contribution in [3.05, 3.63) is 22.6 Å². The fraction of sp³-hybridized carbons (Fsp3) is 0.750. The summed E-state index contributed by atoms with van der Waals surface area (Å²) in [5.41, 5.74) is 0. The van der Waals surface area contributed by atoms with Gasteiger partial charge in [0.25, 0.3) is 0 Å². The smallest absolute Gasteiger partial charge is 0.169 e. The van der Waals surface area contributed by atoms with Crippen LogP contribution in [0.3, 0.4) is 0 Å². The van der Waals surface area contributed by atoms with Gasteiger partial charge in [0.05, 0.1) is 6.04 Å². The molecule has 0 spiro atoms. The van der Waals surface area contributed by atoms with Crippen LogP contribution in [-0.2, 0) is 0 Å². The number of rotatable bonds is 3. The average molecular weight is 324 g/mol. The molecule has 1 aromatic heterocycles. The second-order valence-corrected chi connectivity index (χ2v) is 7.77. The Labute approximate surface area is 123 Å². The van der Waals surface area contributed by atoms with Crippen LogP contribution < -0.4 is 5.32 Å². The van der Waals surface area contributed by atoms with Crippen LogP contribution in [0, 0.1) is 23.7 Å². The molecule has 3 heteroatoms. The first-order valence-corrected chi connectivity index (χ1v) is 8.49. The quantitative estimate of drug-likeness (QED) is 0.884. The molecular formula is C16H22BrNO. The molecular weight excluding hydrogens is 302 g/mol. The van der Waals surface area contributed by atoms with E-state index in [1.807, 2.05) is 6.07 Å². The average Bonchev–Trinajstić information content (AvgIpc) is 2.79. The fourth-order valence-corrected chi connectivity index (χ4v) is 5.45. The van der Waals surface area contributed by atoms with Gasteiger partial charge in [0.15, 0.2) is 4.67 Å². The van der Waals surface area contributed by atoms with Crippen molar-refractivity contribution >= 4 is 15.9 Å². The standard InChI is InChI=1S/C16H22BrNO/c1-9(14-2-3-15(17)19-14)18-16-12-5-10-4-11(7-12)8-13(16)6-10/h2-3,9-13,16,18H,4-8H2,1H3. The van der Waals surface area contributed by atoms with Crippen LogP contribution in [0.4, 0.5) is 0 Å². The summed E-state index contributed by atoms with van der Waals surface area (Å²) >= 11 is 3.39. The molecule has 1 heterocycles. The van der Waals surface area contributed by atoms with Gasteiger partial charge < -0.3 is 9.73 Å². The van der Waals surface area contributed by atoms with Crippen LogP contribution in [0.5, 0.6) is 0 Å². The minimum absolute atomic E-state index is 0.328. The topological polar surface area (TPSA) is 25.2 Å². The van der Waals surface area contributed by atoms with Crippen LogP contribution >= 0.6 is 15.9 Å². The molecule has 4 saturated carbocycles. The number of hydrogen-bond acceptors (Lipinski definition) is 2. The van der Waals surface area contributed by atoms with Crippen molar-refractivity contribution in [3.8, 4) is 0 Å². The van der Waals surface area contributed by atoms with Gasteiger partial charge in [0.2, 0.25) is 0 Å². The van der Waals surface area contributed by atoms with Crippen LogP contribution in [0.25, 0.3) is 0 Å². The molecule has 104 valence electrons. The highest BCUT2D eigenvalue weighted by atomic mass is 79.9. The number of furan rings is 1. The first-order chi connectivity index (χ1) is 9.19. The number of halogens is 1. The normalized spacial score (nSPS) is 41.7. The highest BCUT2D eigenvalue weighted by molar-refractivity contribution is 9.10. The van der Waals surface area contributed by atoms with Crippen molar-refractivity contribution in [3.63, 3.8) is 0 Å². The number of nitrogens with one attached hydrogen (secondary N) is 1. The van der Waals surface area contributed by atoms with E-state index in [2.05, 4.69) is 34.2 Å². The Morgan fingerprint density at radius 2 is 1.74 bits per heavy atom. The maximum absolute atomic E-state index is 5.69. The van der Waals surface area contributed by atoms with E-state index in [4.69, 9.17) is 4.42 Å². The summed E-state index contributed by atoms with van der Waals surface area (Å²) < 4.78 is 6.53. The van der Waals surface area contributed by atoms with E-state index in [-0.39, 0.29) is 0 Å². The Hall–Kier alpha value is -0.280. The first kappa shape index (κ1) is 12.5. The largest absolute Gasteiger partial charge is 0.453 e. The molecule has 0 amide bonds. The van der Waals surface area contributed by atoms with E-state index in [1.165, 1.54) is 32.1 Å². The lowest BCUT2D eigenvalue weighted by molar-refractivity contribution is -0.0178. The predicted octanol–water partition coefficient (Wildman–Crippen LogP) is 4.52. The molecule has 4 bridgehead atoms. The summed E-state index contributed by atoms with van der Waals surface area (Å²) in [6.45, 7) is 2.23. The van der Waals surface area contributed by atoms with E-state index in [9.17, 15) is 0 Å². The van der Waals surface area contributed by atoms with Crippen LogP contribution in [0.15, 0.2) is 21.2 Å². The Kier molecular flexibility index (Phi) is 3.03. The van der Waals surface area contributed by atoms with Gasteiger partial charge in [0, 0.05) is 6.04 Å². The summed E-state index contributed by atoms with van der Waals surface area (Å²) in [7, 11) is 0. The zero-order valence-electron chi connectivity index (χ0n) is 11.4. The Morgan fingerprint density at radius 3 is 2.26 bits per heavy atom. The Balaban J connectivity index is 1.48. The Morgan fingerprint density at radius 1 is 1.11 bits per heavy atom. The summed E-state index contributed by atoms with van der Waals surface area (Å²) in [5, 5.41) is 3.88. The lowest BCUT2D eigenvalue weighted by Gasteiger charge is -2.55.